The molecule has 2 nitrogen and oxygen atoms in total. The molecule has 0 aliphatic heterocycles. The van der Waals surface area contributed by atoms with E-state index in [9.17, 15) is 10.2 Å². The van der Waals surface area contributed by atoms with E-state index in [0.29, 0.717) is 23.4 Å². The third-order valence-corrected chi connectivity index (χ3v) is 11.8. The number of aliphatic hydroxyl groups excluding tert-OH is 2. The van der Waals surface area contributed by atoms with E-state index in [1.165, 1.54) is 70.6 Å². The van der Waals surface area contributed by atoms with Crippen LogP contribution in [0.1, 0.15) is 105 Å². The third-order valence-electron chi connectivity index (χ3n) is 11.8. The van der Waals surface area contributed by atoms with Crippen LogP contribution in [0.4, 0.5) is 0 Å². The molecule has 4 fully saturated rings. The van der Waals surface area contributed by atoms with Crippen LogP contribution >= 0.6 is 0 Å². The highest BCUT2D eigenvalue weighted by molar-refractivity contribution is 5.36. The molecule has 5 aliphatic carbocycles. The number of aliphatic hydroxyl groups is 2. The SMILES string of the molecule is C[C@H](CO)CCC[C@@H](C)[C@H]1CC[C@H]2[C@@H]3CC=C4C5(CC5)[C@H](O)CC[C@]4(C)[C@H]3CC[C@]12C. The van der Waals surface area contributed by atoms with Crippen molar-refractivity contribution in [2.75, 3.05) is 6.61 Å². The largest absolute Gasteiger partial charge is 0.396 e. The lowest BCUT2D eigenvalue weighted by Crippen LogP contribution is -2.53. The van der Waals surface area contributed by atoms with Gasteiger partial charge in [-0.25, -0.2) is 0 Å². The molecule has 0 amide bonds. The molecule has 2 N–H and O–H groups in total. The lowest BCUT2D eigenvalue weighted by Gasteiger charge is -2.60. The van der Waals surface area contributed by atoms with Crippen molar-refractivity contribution in [2.24, 2.45) is 51.8 Å². The van der Waals surface area contributed by atoms with Crippen LogP contribution in [0.3, 0.4) is 0 Å². The molecular weight excluding hydrogens is 380 g/mol. The zero-order valence-corrected chi connectivity index (χ0v) is 20.7. The third kappa shape index (κ3) is 3.32. The number of allylic oxidation sites excluding steroid dienone is 1. The maximum Gasteiger partial charge on any atom is 0.0634 e. The van der Waals surface area contributed by atoms with E-state index in [1.807, 2.05) is 0 Å². The van der Waals surface area contributed by atoms with Crippen LogP contribution in [-0.2, 0) is 0 Å². The van der Waals surface area contributed by atoms with Crippen LogP contribution in [0.2, 0.25) is 0 Å². The van der Waals surface area contributed by atoms with Crippen molar-refractivity contribution in [3.63, 3.8) is 0 Å². The number of hydrogen-bond acceptors (Lipinski definition) is 2. The smallest absolute Gasteiger partial charge is 0.0634 e. The molecule has 0 radical (unpaired) electrons. The maximum atomic E-state index is 10.8. The molecule has 31 heavy (non-hydrogen) atoms. The lowest BCUT2D eigenvalue weighted by molar-refractivity contribution is -0.0691. The van der Waals surface area contributed by atoms with Crippen molar-refractivity contribution in [3.05, 3.63) is 11.6 Å². The minimum atomic E-state index is -0.0671. The Balaban J connectivity index is 1.32. The number of hydrogen-bond donors (Lipinski definition) is 2. The van der Waals surface area contributed by atoms with Crippen LogP contribution in [-0.4, -0.2) is 22.9 Å². The fourth-order valence-electron chi connectivity index (χ4n) is 9.87. The monoisotopic (exact) mass is 428 g/mol. The van der Waals surface area contributed by atoms with Crippen LogP contribution < -0.4 is 0 Å². The maximum absolute atomic E-state index is 10.8. The first-order valence-electron chi connectivity index (χ1n) is 13.8. The van der Waals surface area contributed by atoms with Gasteiger partial charge in [0.25, 0.3) is 0 Å². The summed E-state index contributed by atoms with van der Waals surface area (Å²) < 4.78 is 0. The van der Waals surface area contributed by atoms with Gasteiger partial charge in [0.05, 0.1) is 6.10 Å². The van der Waals surface area contributed by atoms with Crippen molar-refractivity contribution < 1.29 is 10.2 Å². The van der Waals surface area contributed by atoms with E-state index >= 15 is 0 Å². The Bertz CT molecular complexity index is 708. The standard InChI is InChI=1S/C29H48O2/c1-19(18-30)6-5-7-20(2)22-9-10-23-21-8-11-25-28(4,24(21)12-14-27(22,23)3)15-13-26(31)29(25)16-17-29/h11,19-24,26,30-31H,5-10,12-18H2,1-4H3/t19-,20+,21-,22+,23-,24-,26+,27+,28+/m0/s1. The molecule has 1 spiro atoms. The van der Waals surface area contributed by atoms with Crippen molar-refractivity contribution in [1.82, 2.24) is 0 Å². The highest BCUT2D eigenvalue weighted by Crippen LogP contribution is 2.72. The van der Waals surface area contributed by atoms with Gasteiger partial charge in [0, 0.05) is 12.0 Å². The summed E-state index contributed by atoms with van der Waals surface area (Å²) in [5, 5.41) is 20.2. The Morgan fingerprint density at radius 3 is 2.45 bits per heavy atom. The van der Waals surface area contributed by atoms with Crippen molar-refractivity contribution in [1.29, 1.82) is 0 Å². The minimum Gasteiger partial charge on any atom is -0.396 e. The summed E-state index contributed by atoms with van der Waals surface area (Å²) in [5.74, 6) is 4.82. The van der Waals surface area contributed by atoms with Gasteiger partial charge in [0.1, 0.15) is 0 Å². The number of fused-ring (bicyclic) bond motifs is 6. The predicted octanol–water partition coefficient (Wildman–Crippen LogP) is 6.75. The number of rotatable bonds is 6. The van der Waals surface area contributed by atoms with E-state index in [4.69, 9.17) is 0 Å². The second-order valence-electron chi connectivity index (χ2n) is 13.3. The Kier molecular flexibility index (Phi) is 5.70. The molecule has 0 bridgehead atoms. The zero-order valence-electron chi connectivity index (χ0n) is 20.7. The van der Waals surface area contributed by atoms with Crippen molar-refractivity contribution >= 4 is 0 Å². The molecule has 0 aromatic rings. The average molecular weight is 429 g/mol. The van der Waals surface area contributed by atoms with Gasteiger partial charge in [-0.15, -0.1) is 0 Å². The first kappa shape index (κ1) is 22.5. The van der Waals surface area contributed by atoms with Crippen LogP contribution in [0, 0.1) is 51.8 Å². The molecule has 0 aromatic carbocycles. The van der Waals surface area contributed by atoms with Crippen molar-refractivity contribution in [2.45, 2.75) is 111 Å². The molecule has 9 atom stereocenters. The summed E-state index contributed by atoms with van der Waals surface area (Å²) in [6.45, 7) is 10.3. The molecule has 0 aromatic heterocycles. The first-order chi connectivity index (χ1) is 14.8. The molecule has 5 rings (SSSR count). The van der Waals surface area contributed by atoms with E-state index in [1.54, 1.807) is 5.57 Å². The summed E-state index contributed by atoms with van der Waals surface area (Å²) in [4.78, 5) is 0. The van der Waals surface area contributed by atoms with E-state index in [0.717, 1.165) is 36.0 Å². The van der Waals surface area contributed by atoms with Gasteiger partial charge >= 0.3 is 0 Å². The van der Waals surface area contributed by atoms with Gasteiger partial charge in [-0.1, -0.05) is 52.2 Å². The fourth-order valence-corrected chi connectivity index (χ4v) is 9.87. The zero-order chi connectivity index (χ0) is 22.0. The van der Waals surface area contributed by atoms with E-state index in [-0.39, 0.29) is 11.5 Å². The van der Waals surface area contributed by atoms with Crippen LogP contribution in [0.5, 0.6) is 0 Å². The molecule has 0 saturated heterocycles. The summed E-state index contributed by atoms with van der Waals surface area (Å²) in [6.07, 6.45) is 18.2. The predicted molar refractivity (Wildman–Crippen MR) is 128 cm³/mol. The summed E-state index contributed by atoms with van der Waals surface area (Å²) in [5.41, 5.74) is 2.79. The quantitative estimate of drug-likeness (QED) is 0.459. The lowest BCUT2D eigenvalue weighted by atomic mass is 9.45. The van der Waals surface area contributed by atoms with E-state index in [2.05, 4.69) is 33.8 Å². The molecule has 5 aliphatic rings. The fraction of sp³-hybridized carbons (Fsp3) is 0.931. The average Bonchev–Trinajstić information content (AvgIpc) is 3.45. The molecule has 0 unspecified atom stereocenters. The van der Waals surface area contributed by atoms with Gasteiger partial charge in [-0.2, -0.15) is 0 Å². The Hall–Kier alpha value is -0.340. The molecule has 0 heterocycles. The topological polar surface area (TPSA) is 40.5 Å². The molecule has 176 valence electrons. The highest BCUT2D eigenvalue weighted by Gasteiger charge is 2.65. The first-order valence-corrected chi connectivity index (χ1v) is 13.8. The molecular formula is C29H48O2. The Labute approximate surface area is 191 Å². The highest BCUT2D eigenvalue weighted by atomic mass is 16.3. The van der Waals surface area contributed by atoms with Crippen molar-refractivity contribution in [3.8, 4) is 0 Å². The summed E-state index contributed by atoms with van der Waals surface area (Å²) in [6, 6.07) is 0. The van der Waals surface area contributed by atoms with Gasteiger partial charge in [0.15, 0.2) is 0 Å². The molecule has 2 heteroatoms. The minimum absolute atomic E-state index is 0.0671. The van der Waals surface area contributed by atoms with Gasteiger partial charge < -0.3 is 10.2 Å². The van der Waals surface area contributed by atoms with Gasteiger partial charge in [0.2, 0.25) is 0 Å². The Morgan fingerprint density at radius 2 is 1.74 bits per heavy atom. The molecule has 4 saturated carbocycles. The van der Waals surface area contributed by atoms with Gasteiger partial charge in [-0.05, 0) is 111 Å². The summed E-state index contributed by atoms with van der Waals surface area (Å²) >= 11 is 0. The normalized spacial score (nSPS) is 47.2. The second kappa shape index (κ2) is 7.86. The van der Waals surface area contributed by atoms with Crippen LogP contribution in [0.25, 0.3) is 0 Å². The second-order valence-corrected chi connectivity index (χ2v) is 13.3. The summed E-state index contributed by atoms with van der Waals surface area (Å²) in [7, 11) is 0. The van der Waals surface area contributed by atoms with E-state index < -0.39 is 0 Å². The Morgan fingerprint density at radius 1 is 0.968 bits per heavy atom. The van der Waals surface area contributed by atoms with Gasteiger partial charge in [-0.3, -0.25) is 0 Å². The van der Waals surface area contributed by atoms with Crippen LogP contribution in [0.15, 0.2) is 11.6 Å².